The molecule has 1 aliphatic heterocycles. The molecule has 0 spiro atoms. The zero-order chi connectivity index (χ0) is 22.5. The Kier molecular flexibility index (Phi) is 7.07. The van der Waals surface area contributed by atoms with Crippen LogP contribution in [0.25, 0.3) is 5.76 Å². The second-order valence-corrected chi connectivity index (χ2v) is 7.27. The smallest absolute Gasteiger partial charge is 0.295 e. The lowest BCUT2D eigenvalue weighted by atomic mass is 9.95. The number of hydrogen-bond donors (Lipinski definition) is 1. The van der Waals surface area contributed by atoms with E-state index in [1.807, 2.05) is 32.0 Å². The third kappa shape index (κ3) is 4.46. The first-order valence-electron chi connectivity index (χ1n) is 10.3. The van der Waals surface area contributed by atoms with Gasteiger partial charge in [-0.05, 0) is 36.9 Å². The quantitative estimate of drug-likeness (QED) is 0.397. The fourth-order valence-corrected chi connectivity index (χ4v) is 3.89. The summed E-state index contributed by atoms with van der Waals surface area (Å²) in [6, 6.07) is 12.0. The number of ketones is 1. The molecule has 1 aliphatic rings. The topological polar surface area (TPSA) is 70.1 Å². The predicted octanol–water partition coefficient (Wildman–Crippen LogP) is 3.60. The molecule has 1 heterocycles. The lowest BCUT2D eigenvalue weighted by molar-refractivity contribution is -0.140. The van der Waals surface area contributed by atoms with Crippen molar-refractivity contribution in [2.45, 2.75) is 19.9 Å². The van der Waals surface area contributed by atoms with E-state index in [1.165, 1.54) is 24.1 Å². The number of halogens is 1. The number of carbonyl (C=O) groups is 2. The van der Waals surface area contributed by atoms with Crippen LogP contribution in [-0.2, 0) is 9.59 Å². The number of Topliss-reactive ketones (excluding diaryl/α,β-unsaturated/α-hetero) is 1. The molecule has 1 amide bonds. The van der Waals surface area contributed by atoms with Gasteiger partial charge in [0, 0.05) is 13.1 Å². The van der Waals surface area contributed by atoms with Crippen molar-refractivity contribution in [2.75, 3.05) is 33.3 Å². The molecule has 1 unspecified atom stereocenters. The minimum Gasteiger partial charge on any atom is -0.507 e. The number of hydrogen-bond acceptors (Lipinski definition) is 5. The van der Waals surface area contributed by atoms with Crippen molar-refractivity contribution in [3.05, 3.63) is 71.0 Å². The van der Waals surface area contributed by atoms with Crippen molar-refractivity contribution in [3.8, 4) is 5.75 Å². The molecular formula is C24H27FN2O4. The molecule has 2 aromatic rings. The molecule has 6 nitrogen and oxygen atoms in total. The summed E-state index contributed by atoms with van der Waals surface area (Å²) in [7, 11) is 1.39. The van der Waals surface area contributed by atoms with Gasteiger partial charge in [-0.2, -0.15) is 0 Å². The van der Waals surface area contributed by atoms with Gasteiger partial charge in [0.15, 0.2) is 0 Å². The average Bonchev–Trinajstić information content (AvgIpc) is 3.04. The molecule has 1 atom stereocenters. The Morgan fingerprint density at radius 3 is 2.42 bits per heavy atom. The molecule has 1 saturated heterocycles. The molecule has 3 rings (SSSR count). The molecule has 2 aromatic carbocycles. The summed E-state index contributed by atoms with van der Waals surface area (Å²) in [5.41, 5.74) is 0.656. The van der Waals surface area contributed by atoms with Crippen molar-refractivity contribution in [1.29, 1.82) is 0 Å². The van der Waals surface area contributed by atoms with E-state index in [0.29, 0.717) is 18.7 Å². The molecule has 0 radical (unpaired) electrons. The third-order valence-corrected chi connectivity index (χ3v) is 5.62. The van der Waals surface area contributed by atoms with Gasteiger partial charge in [0.1, 0.15) is 17.3 Å². The molecule has 1 fully saturated rings. The lowest BCUT2D eigenvalue weighted by Crippen LogP contribution is -2.38. The van der Waals surface area contributed by atoms with Crippen LogP contribution >= 0.6 is 0 Å². The lowest BCUT2D eigenvalue weighted by Gasteiger charge is -2.28. The minimum atomic E-state index is -0.794. The highest BCUT2D eigenvalue weighted by Gasteiger charge is 2.46. The summed E-state index contributed by atoms with van der Waals surface area (Å²) in [4.78, 5) is 29.6. The number of rotatable bonds is 8. The Bertz CT molecular complexity index is 986. The number of amides is 1. The summed E-state index contributed by atoms with van der Waals surface area (Å²) in [5.74, 6) is -2.31. The third-order valence-electron chi connectivity index (χ3n) is 5.62. The van der Waals surface area contributed by atoms with E-state index in [2.05, 4.69) is 4.90 Å². The van der Waals surface area contributed by atoms with E-state index in [0.717, 1.165) is 19.2 Å². The maximum absolute atomic E-state index is 13.9. The minimum absolute atomic E-state index is 0.0326. The van der Waals surface area contributed by atoms with Gasteiger partial charge >= 0.3 is 0 Å². The van der Waals surface area contributed by atoms with Crippen LogP contribution in [-0.4, -0.2) is 59.9 Å². The number of methoxy groups -OCH3 is 1. The van der Waals surface area contributed by atoms with E-state index >= 15 is 0 Å². The number of likely N-dealkylation sites (tertiary alicyclic amines) is 1. The SMILES string of the molecule is CCN(CC)CCN1C(=O)C(=O)/C(=C(/O)c2cc(F)ccc2OC)C1c1ccccc1. The van der Waals surface area contributed by atoms with Crippen LogP contribution < -0.4 is 4.74 Å². The Labute approximate surface area is 181 Å². The maximum atomic E-state index is 13.9. The first kappa shape index (κ1) is 22.5. The average molecular weight is 426 g/mol. The maximum Gasteiger partial charge on any atom is 0.295 e. The van der Waals surface area contributed by atoms with Gasteiger partial charge in [-0.3, -0.25) is 9.59 Å². The second kappa shape index (κ2) is 9.75. The normalized spacial score (nSPS) is 18.1. The molecule has 31 heavy (non-hydrogen) atoms. The van der Waals surface area contributed by atoms with Crippen LogP contribution in [0.1, 0.15) is 31.0 Å². The molecule has 164 valence electrons. The van der Waals surface area contributed by atoms with Crippen molar-refractivity contribution in [3.63, 3.8) is 0 Å². The number of carbonyl (C=O) groups excluding carboxylic acids is 2. The van der Waals surface area contributed by atoms with Crippen LogP contribution in [0.4, 0.5) is 4.39 Å². The molecule has 0 aromatic heterocycles. The monoisotopic (exact) mass is 426 g/mol. The van der Waals surface area contributed by atoms with Gasteiger partial charge in [-0.1, -0.05) is 44.2 Å². The summed E-state index contributed by atoms with van der Waals surface area (Å²) < 4.78 is 19.2. The molecular weight excluding hydrogens is 399 g/mol. The Morgan fingerprint density at radius 1 is 1.13 bits per heavy atom. The molecule has 0 bridgehead atoms. The number of nitrogens with zero attached hydrogens (tertiary/aromatic N) is 2. The van der Waals surface area contributed by atoms with Gasteiger partial charge in [-0.25, -0.2) is 4.39 Å². The number of likely N-dealkylation sites (N-methyl/N-ethyl adjacent to an activating group) is 1. The van der Waals surface area contributed by atoms with Crippen LogP contribution in [0.15, 0.2) is 54.1 Å². The summed E-state index contributed by atoms with van der Waals surface area (Å²) in [6.07, 6.45) is 0. The van der Waals surface area contributed by atoms with Crippen molar-refractivity contribution >= 4 is 17.4 Å². The molecule has 0 aliphatic carbocycles. The highest BCUT2D eigenvalue weighted by molar-refractivity contribution is 6.46. The van der Waals surface area contributed by atoms with Crippen molar-refractivity contribution < 1.29 is 23.8 Å². The summed E-state index contributed by atoms with van der Waals surface area (Å²) in [5, 5.41) is 11.1. The van der Waals surface area contributed by atoms with E-state index < -0.39 is 29.3 Å². The standard InChI is InChI=1S/C24H27FN2O4/c1-4-26(5-2)13-14-27-21(16-9-7-6-8-10-16)20(23(29)24(27)30)22(28)18-15-17(25)11-12-19(18)31-3/h6-12,15,21,28H,4-5,13-14H2,1-3H3/b22-20+. The van der Waals surface area contributed by atoms with E-state index in [1.54, 1.807) is 12.1 Å². The van der Waals surface area contributed by atoms with Crippen LogP contribution in [0.2, 0.25) is 0 Å². The van der Waals surface area contributed by atoms with Crippen molar-refractivity contribution in [1.82, 2.24) is 9.80 Å². The Morgan fingerprint density at radius 2 is 1.81 bits per heavy atom. The van der Waals surface area contributed by atoms with Gasteiger partial charge in [0.05, 0.1) is 24.3 Å². The zero-order valence-corrected chi connectivity index (χ0v) is 18.0. The van der Waals surface area contributed by atoms with Gasteiger partial charge in [0.2, 0.25) is 0 Å². The number of benzene rings is 2. The van der Waals surface area contributed by atoms with Gasteiger partial charge in [-0.15, -0.1) is 0 Å². The Balaban J connectivity index is 2.14. The fourth-order valence-electron chi connectivity index (χ4n) is 3.89. The predicted molar refractivity (Wildman–Crippen MR) is 116 cm³/mol. The number of aliphatic hydroxyl groups excluding tert-OH is 1. The fraction of sp³-hybridized carbons (Fsp3) is 0.333. The summed E-state index contributed by atoms with van der Waals surface area (Å²) >= 11 is 0. The largest absolute Gasteiger partial charge is 0.507 e. The van der Waals surface area contributed by atoms with Crippen molar-refractivity contribution in [2.24, 2.45) is 0 Å². The highest BCUT2D eigenvalue weighted by atomic mass is 19.1. The first-order chi connectivity index (χ1) is 14.9. The first-order valence-corrected chi connectivity index (χ1v) is 10.3. The van der Waals surface area contributed by atoms with E-state index in [4.69, 9.17) is 4.74 Å². The number of aliphatic hydroxyl groups is 1. The highest BCUT2D eigenvalue weighted by Crippen LogP contribution is 2.40. The van der Waals surface area contributed by atoms with Crippen LogP contribution in [0.5, 0.6) is 5.75 Å². The Hall–Kier alpha value is -3.19. The second-order valence-electron chi connectivity index (χ2n) is 7.27. The van der Waals surface area contributed by atoms with Gasteiger partial charge < -0.3 is 19.6 Å². The number of ether oxygens (including phenoxy) is 1. The molecule has 7 heteroatoms. The van der Waals surface area contributed by atoms with Crippen LogP contribution in [0, 0.1) is 5.82 Å². The van der Waals surface area contributed by atoms with Gasteiger partial charge in [0.25, 0.3) is 11.7 Å². The zero-order valence-electron chi connectivity index (χ0n) is 18.0. The molecule has 1 N–H and O–H groups in total. The van der Waals surface area contributed by atoms with Crippen LogP contribution in [0.3, 0.4) is 0 Å². The van der Waals surface area contributed by atoms with E-state index in [9.17, 15) is 19.1 Å². The summed E-state index contributed by atoms with van der Waals surface area (Å²) in [6.45, 7) is 6.61. The van der Waals surface area contributed by atoms with E-state index in [-0.39, 0.29) is 16.9 Å². The molecule has 0 saturated carbocycles.